The van der Waals surface area contributed by atoms with Crippen LogP contribution < -0.4 is 10.6 Å². The quantitative estimate of drug-likeness (QED) is 0.269. The second-order valence-electron chi connectivity index (χ2n) is 11.1. The predicted molar refractivity (Wildman–Crippen MR) is 147 cm³/mol. The van der Waals surface area contributed by atoms with Crippen LogP contribution in [-0.4, -0.2) is 91.8 Å². The molecule has 2 N–H and O–H groups in total. The molecule has 1 saturated carbocycles. The van der Waals surface area contributed by atoms with Gasteiger partial charge in [-0.05, 0) is 58.9 Å². The zero-order chi connectivity index (χ0) is 28.3. The standard InChI is InChI=1S/C28H46N6O5/c1-4-38-25(36)22-12-9-15-34(19-22)26(31-27(37)39-5-2)30-23(18-21-10-7-6-8-11-21)24(35)32-28(20-29)13-16-33(3)17-14-28/h21-23H,4-19H2,1-3H3,(H,32,35)(H,30,31,37)/t22-,23+/m1/s1. The van der Waals surface area contributed by atoms with Crippen LogP contribution in [0.2, 0.25) is 0 Å². The van der Waals surface area contributed by atoms with Crippen molar-refractivity contribution in [2.24, 2.45) is 16.8 Å². The number of nitrogens with zero attached hydrogens (tertiary/aromatic N) is 4. The van der Waals surface area contributed by atoms with Gasteiger partial charge < -0.3 is 24.6 Å². The molecule has 0 aromatic heterocycles. The van der Waals surface area contributed by atoms with E-state index in [1.807, 2.05) is 11.9 Å². The number of carbonyl (C=O) groups is 3. The molecular formula is C28H46N6O5. The maximum atomic E-state index is 13.8. The van der Waals surface area contributed by atoms with Crippen molar-refractivity contribution in [1.82, 2.24) is 20.4 Å². The fourth-order valence-corrected chi connectivity index (χ4v) is 5.76. The first-order valence-corrected chi connectivity index (χ1v) is 14.6. The third kappa shape index (κ3) is 9.09. The van der Waals surface area contributed by atoms with Crippen molar-refractivity contribution < 1.29 is 23.9 Å². The zero-order valence-electron chi connectivity index (χ0n) is 23.9. The number of amides is 2. The summed E-state index contributed by atoms with van der Waals surface area (Å²) in [6.45, 7) is 6.35. The van der Waals surface area contributed by atoms with Gasteiger partial charge in [0, 0.05) is 26.2 Å². The Morgan fingerprint density at radius 1 is 1.03 bits per heavy atom. The minimum Gasteiger partial charge on any atom is -0.466 e. The lowest BCUT2D eigenvalue weighted by Gasteiger charge is -2.37. The second kappa shape index (κ2) is 15.1. The maximum Gasteiger partial charge on any atom is 0.413 e. The minimum atomic E-state index is -0.932. The third-order valence-electron chi connectivity index (χ3n) is 8.11. The van der Waals surface area contributed by atoms with Crippen molar-refractivity contribution in [2.45, 2.75) is 89.6 Å². The van der Waals surface area contributed by atoms with Crippen LogP contribution >= 0.6 is 0 Å². The first-order chi connectivity index (χ1) is 18.8. The molecule has 0 unspecified atom stereocenters. The fourth-order valence-electron chi connectivity index (χ4n) is 5.76. The monoisotopic (exact) mass is 546 g/mol. The molecule has 0 aromatic rings. The van der Waals surface area contributed by atoms with Crippen molar-refractivity contribution in [3.8, 4) is 6.07 Å². The Labute approximate surface area is 232 Å². The number of aliphatic imine (C=N–C) groups is 1. The number of hydrogen-bond acceptors (Lipinski definition) is 8. The van der Waals surface area contributed by atoms with E-state index >= 15 is 0 Å². The summed E-state index contributed by atoms with van der Waals surface area (Å²) in [5.41, 5.74) is -0.932. The second-order valence-corrected chi connectivity index (χ2v) is 11.1. The van der Waals surface area contributed by atoms with E-state index in [-0.39, 0.29) is 30.4 Å². The molecule has 2 heterocycles. The Morgan fingerprint density at radius 2 is 1.72 bits per heavy atom. The third-order valence-corrected chi connectivity index (χ3v) is 8.11. The Hall–Kier alpha value is -2.87. The molecule has 2 amide bonds. The summed E-state index contributed by atoms with van der Waals surface area (Å²) >= 11 is 0. The lowest BCUT2D eigenvalue weighted by atomic mass is 9.84. The van der Waals surface area contributed by atoms with E-state index in [4.69, 9.17) is 14.5 Å². The minimum absolute atomic E-state index is 0.190. The van der Waals surface area contributed by atoms with E-state index < -0.39 is 17.7 Å². The molecule has 11 nitrogen and oxygen atoms in total. The highest BCUT2D eigenvalue weighted by Crippen LogP contribution is 2.29. The number of nitriles is 1. The van der Waals surface area contributed by atoms with E-state index in [0.29, 0.717) is 51.3 Å². The van der Waals surface area contributed by atoms with Crippen LogP contribution in [0.3, 0.4) is 0 Å². The van der Waals surface area contributed by atoms with Gasteiger partial charge in [0.15, 0.2) is 0 Å². The number of guanidine groups is 1. The van der Waals surface area contributed by atoms with Gasteiger partial charge in [0.1, 0.15) is 11.6 Å². The molecule has 0 spiro atoms. The van der Waals surface area contributed by atoms with Crippen molar-refractivity contribution in [3.63, 3.8) is 0 Å². The molecule has 2 atom stereocenters. The highest BCUT2D eigenvalue weighted by atomic mass is 16.5. The Bertz CT molecular complexity index is 905. The molecule has 2 aliphatic heterocycles. The summed E-state index contributed by atoms with van der Waals surface area (Å²) in [6.07, 6.45) is 7.89. The molecule has 11 heteroatoms. The van der Waals surface area contributed by atoms with Gasteiger partial charge in [0.2, 0.25) is 11.9 Å². The molecule has 0 radical (unpaired) electrons. The SMILES string of the molecule is CCOC(=O)NC(=N[C@@H](CC1CCCCC1)C(=O)NC1(C#N)CCN(C)CC1)N1CCC[C@@H](C(=O)OCC)C1. The van der Waals surface area contributed by atoms with E-state index in [2.05, 4.69) is 21.6 Å². The molecule has 39 heavy (non-hydrogen) atoms. The van der Waals surface area contributed by atoms with Crippen molar-refractivity contribution in [2.75, 3.05) is 46.4 Å². The van der Waals surface area contributed by atoms with E-state index in [9.17, 15) is 19.6 Å². The Kier molecular flexibility index (Phi) is 11.8. The van der Waals surface area contributed by atoms with Crippen molar-refractivity contribution in [1.29, 1.82) is 5.26 Å². The number of rotatable bonds is 8. The van der Waals surface area contributed by atoms with Gasteiger partial charge in [-0.1, -0.05) is 32.1 Å². The number of carbonyl (C=O) groups excluding carboxylic acids is 3. The number of esters is 1. The fraction of sp³-hybridized carbons (Fsp3) is 0.821. The lowest BCUT2D eigenvalue weighted by Crippen LogP contribution is -2.56. The molecule has 3 fully saturated rings. The lowest BCUT2D eigenvalue weighted by molar-refractivity contribution is -0.149. The topological polar surface area (TPSA) is 136 Å². The van der Waals surface area contributed by atoms with Crippen LogP contribution in [-0.2, 0) is 19.1 Å². The summed E-state index contributed by atoms with van der Waals surface area (Å²) in [4.78, 5) is 47.7. The van der Waals surface area contributed by atoms with Crippen LogP contribution in [0.5, 0.6) is 0 Å². The molecular weight excluding hydrogens is 500 g/mol. The van der Waals surface area contributed by atoms with Crippen LogP contribution in [0.25, 0.3) is 0 Å². The number of alkyl carbamates (subject to hydrolysis) is 1. The molecule has 3 rings (SSSR count). The van der Waals surface area contributed by atoms with Crippen LogP contribution in [0.15, 0.2) is 4.99 Å². The molecule has 1 aliphatic carbocycles. The smallest absolute Gasteiger partial charge is 0.413 e. The highest BCUT2D eigenvalue weighted by molar-refractivity contribution is 5.96. The normalized spacial score (nSPS) is 23.3. The summed E-state index contributed by atoms with van der Waals surface area (Å²) < 4.78 is 10.4. The summed E-state index contributed by atoms with van der Waals surface area (Å²) in [5, 5.41) is 15.8. The van der Waals surface area contributed by atoms with Gasteiger partial charge in [-0.3, -0.25) is 14.9 Å². The molecule has 0 bridgehead atoms. The molecule has 0 aromatic carbocycles. The van der Waals surface area contributed by atoms with Crippen LogP contribution in [0.4, 0.5) is 4.79 Å². The number of piperidine rings is 2. The van der Waals surface area contributed by atoms with Gasteiger partial charge in [0.05, 0.1) is 25.2 Å². The molecule has 3 aliphatic rings. The van der Waals surface area contributed by atoms with E-state index in [1.165, 1.54) is 6.42 Å². The Balaban J connectivity index is 1.89. The largest absolute Gasteiger partial charge is 0.466 e. The summed E-state index contributed by atoms with van der Waals surface area (Å²) in [7, 11) is 2.01. The zero-order valence-corrected chi connectivity index (χ0v) is 23.9. The number of likely N-dealkylation sites (tertiary alicyclic amines) is 2. The average molecular weight is 547 g/mol. The Morgan fingerprint density at radius 3 is 2.36 bits per heavy atom. The van der Waals surface area contributed by atoms with Gasteiger partial charge in [-0.2, -0.15) is 5.26 Å². The van der Waals surface area contributed by atoms with Crippen LogP contribution in [0, 0.1) is 23.2 Å². The summed E-state index contributed by atoms with van der Waals surface area (Å²) in [6, 6.07) is 1.58. The van der Waals surface area contributed by atoms with Gasteiger partial charge in [0.25, 0.3) is 0 Å². The average Bonchev–Trinajstić information content (AvgIpc) is 2.94. The molecule has 2 saturated heterocycles. The van der Waals surface area contributed by atoms with Crippen LogP contribution in [0.1, 0.15) is 78.1 Å². The summed E-state index contributed by atoms with van der Waals surface area (Å²) in [5.74, 6) is -0.347. The van der Waals surface area contributed by atoms with Gasteiger partial charge in [-0.15, -0.1) is 0 Å². The highest BCUT2D eigenvalue weighted by Gasteiger charge is 2.38. The van der Waals surface area contributed by atoms with Crippen molar-refractivity contribution >= 4 is 23.9 Å². The maximum absolute atomic E-state index is 13.8. The van der Waals surface area contributed by atoms with E-state index in [1.54, 1.807) is 13.8 Å². The van der Waals surface area contributed by atoms with E-state index in [0.717, 1.165) is 45.2 Å². The first-order valence-electron chi connectivity index (χ1n) is 14.6. The first kappa shape index (κ1) is 30.7. The van der Waals surface area contributed by atoms with Gasteiger partial charge in [-0.25, -0.2) is 9.79 Å². The number of nitrogens with one attached hydrogen (secondary N) is 2. The van der Waals surface area contributed by atoms with Gasteiger partial charge >= 0.3 is 12.1 Å². The predicted octanol–water partition coefficient (Wildman–Crippen LogP) is 2.81. The van der Waals surface area contributed by atoms with Crippen molar-refractivity contribution in [3.05, 3.63) is 0 Å². The number of hydrogen-bond donors (Lipinski definition) is 2. The number of ether oxygens (including phenoxy) is 2. The molecule has 218 valence electrons.